The van der Waals surface area contributed by atoms with E-state index in [1.807, 2.05) is 19.1 Å². The molecule has 0 saturated heterocycles. The molecule has 16 heteroatoms. The van der Waals surface area contributed by atoms with Crippen molar-refractivity contribution >= 4 is 29.2 Å². The van der Waals surface area contributed by atoms with E-state index >= 15 is 0 Å². The molecular formula is C44H64N2O14. The zero-order chi connectivity index (χ0) is 44.1. The summed E-state index contributed by atoms with van der Waals surface area (Å²) in [6.45, 7) is 5.62. The summed E-state index contributed by atoms with van der Waals surface area (Å²) in [6.07, 6.45) is 10.1. The summed E-state index contributed by atoms with van der Waals surface area (Å²) in [5.74, 6) is -9.16. The molecule has 10 atom stereocenters. The highest BCUT2D eigenvalue weighted by Gasteiger charge is 2.67. The third kappa shape index (κ3) is 9.85. The molecule has 1 aromatic rings. The number of Topliss-reactive ketones (excluding diaryl/α,β-unsaturated/α-hetero) is 3. The van der Waals surface area contributed by atoms with Crippen molar-refractivity contribution in [3.05, 3.63) is 64.1 Å². The van der Waals surface area contributed by atoms with Crippen molar-refractivity contribution in [2.24, 2.45) is 29.4 Å². The highest BCUT2D eigenvalue weighted by molar-refractivity contribution is 6.25. The van der Waals surface area contributed by atoms with Gasteiger partial charge in [-0.3, -0.25) is 28.9 Å². The van der Waals surface area contributed by atoms with Crippen LogP contribution in [0.15, 0.2) is 53.0 Å². The van der Waals surface area contributed by atoms with Crippen molar-refractivity contribution in [1.82, 2.24) is 4.90 Å². The summed E-state index contributed by atoms with van der Waals surface area (Å²) in [4.78, 5) is 63.1. The number of methoxy groups -OCH3 is 1. The number of hydrogen-bond acceptors (Lipinski definition) is 14. The van der Waals surface area contributed by atoms with Crippen LogP contribution < -0.4 is 5.73 Å². The van der Waals surface area contributed by atoms with E-state index in [4.69, 9.17) is 5.73 Å². The van der Waals surface area contributed by atoms with Crippen LogP contribution in [0.1, 0.15) is 113 Å². The second kappa shape index (κ2) is 20.4. The average molecular weight is 845 g/mol. The number of aliphatic hydroxyl groups excluding tert-OH is 4. The fourth-order valence-electron chi connectivity index (χ4n) is 9.40. The maximum atomic E-state index is 13.3. The molecule has 1 unspecified atom stereocenters. The number of unbranched alkanes of at least 4 members (excludes halogenated alkanes) is 4. The number of fused-ring (bicyclic) bond motifs is 3. The van der Waals surface area contributed by atoms with E-state index in [9.17, 15) is 59.7 Å². The van der Waals surface area contributed by atoms with E-state index in [1.165, 1.54) is 32.2 Å². The van der Waals surface area contributed by atoms with Crippen LogP contribution in [0, 0.1) is 23.7 Å². The van der Waals surface area contributed by atoms with Gasteiger partial charge >= 0.3 is 5.97 Å². The number of nitrogens with two attached hydrogens (primary N) is 1. The third-order valence-corrected chi connectivity index (χ3v) is 12.6. The SMILES string of the molecule is CCCCC(C)(O)C/C=C/[C@H]1[C@H](O)CC(=O)[C@@H]1CCCCCCC(=O)OC.C[C@H]1c2cccc(O)c2C(=O)C2=C(O)[C@]3(O)C(=O)C(C(N)=O)=C(O)[C@@H](N(C)C)[C@@H]3[C@@H](O)[C@@H]21.O. The number of ether oxygens (including phenoxy) is 1. The maximum absolute atomic E-state index is 13.3. The number of amides is 1. The van der Waals surface area contributed by atoms with E-state index in [-0.39, 0.29) is 46.8 Å². The van der Waals surface area contributed by atoms with E-state index < -0.39 is 87.3 Å². The van der Waals surface area contributed by atoms with Crippen LogP contribution in [0.4, 0.5) is 0 Å². The van der Waals surface area contributed by atoms with Gasteiger partial charge in [0.25, 0.3) is 5.91 Å². The largest absolute Gasteiger partial charge is 0.510 e. The Balaban J connectivity index is 0.000000321. The Morgan fingerprint density at radius 2 is 1.70 bits per heavy atom. The van der Waals surface area contributed by atoms with Gasteiger partial charge in [0, 0.05) is 36.2 Å². The molecule has 1 amide bonds. The Morgan fingerprint density at radius 3 is 2.30 bits per heavy atom. The lowest BCUT2D eigenvalue weighted by Gasteiger charge is -2.53. The first-order chi connectivity index (χ1) is 27.7. The summed E-state index contributed by atoms with van der Waals surface area (Å²) in [5, 5.41) is 75.6. The summed E-state index contributed by atoms with van der Waals surface area (Å²) >= 11 is 0. The van der Waals surface area contributed by atoms with Gasteiger partial charge < -0.3 is 51.7 Å². The predicted molar refractivity (Wildman–Crippen MR) is 220 cm³/mol. The first-order valence-corrected chi connectivity index (χ1v) is 20.5. The molecule has 4 aliphatic rings. The standard InChI is InChI=1S/C22H24N2O8.C22H38O5.H2O/c1-7-8-5-4-6-9(25)11(8)16(26)12-10(7)17(27)14-15(24(2)3)18(28)13(21(23)31)20(30)22(14,32)19(12)29;1-4-5-14-22(2,26)15-10-12-18-17(19(23)16-20(18)24)11-8-6-7-9-13-21(25)27-3;/h4-7,10,14-15,17,25,27-29,32H,1-3H3,(H2,23,31);10,12,17-18,20,24,26H,4-9,11,13-16H2,1-3H3;1H2/b;12-10+;/t7-,10+,14+,15-,17-,22-;17-,18-,20-,22?;/m01./s1. The normalized spacial score (nSPS) is 29.6. The van der Waals surface area contributed by atoms with Gasteiger partial charge in [-0.2, -0.15) is 0 Å². The number of carbonyl (C=O) groups excluding carboxylic acids is 5. The molecule has 0 aliphatic heterocycles. The molecule has 11 N–H and O–H groups in total. The molecule has 0 radical (unpaired) electrons. The van der Waals surface area contributed by atoms with Crippen LogP contribution in [0.25, 0.3) is 0 Å². The lowest BCUT2D eigenvalue weighted by atomic mass is 9.55. The second-order valence-electron chi connectivity index (χ2n) is 17.0. The molecule has 60 heavy (non-hydrogen) atoms. The average Bonchev–Trinajstić information content (AvgIpc) is 3.43. The van der Waals surface area contributed by atoms with Crippen LogP contribution in [0.3, 0.4) is 0 Å². The summed E-state index contributed by atoms with van der Waals surface area (Å²) in [5.41, 5.74) is 0.636. The Hall–Kier alpha value is -4.45. The molecule has 0 bridgehead atoms. The number of phenols is 1. The van der Waals surface area contributed by atoms with Crippen molar-refractivity contribution < 1.29 is 69.9 Å². The molecule has 0 heterocycles. The number of carbonyl (C=O) groups is 5. The molecule has 5 rings (SSSR count). The van der Waals surface area contributed by atoms with Gasteiger partial charge in [0.1, 0.15) is 28.6 Å². The van der Waals surface area contributed by atoms with Crippen molar-refractivity contribution in [3.63, 3.8) is 0 Å². The number of ketones is 3. The molecule has 1 saturated carbocycles. The quantitative estimate of drug-likeness (QED) is 0.0545. The van der Waals surface area contributed by atoms with E-state index in [0.717, 1.165) is 51.4 Å². The number of phenolic OH excluding ortho intramolecular Hbond substituents is 1. The highest BCUT2D eigenvalue weighted by Crippen LogP contribution is 2.55. The van der Waals surface area contributed by atoms with Gasteiger partial charge in [0.05, 0.1) is 42.4 Å². The Morgan fingerprint density at radius 1 is 1.05 bits per heavy atom. The fraction of sp³-hybridized carbons (Fsp3) is 0.614. The molecule has 16 nitrogen and oxygen atoms in total. The zero-order valence-electron chi connectivity index (χ0n) is 35.4. The predicted octanol–water partition coefficient (Wildman–Crippen LogP) is 2.78. The monoisotopic (exact) mass is 844 g/mol. The maximum Gasteiger partial charge on any atom is 0.305 e. The number of esters is 1. The van der Waals surface area contributed by atoms with Crippen molar-refractivity contribution in [1.29, 1.82) is 0 Å². The zero-order valence-corrected chi connectivity index (χ0v) is 35.4. The fourth-order valence-corrected chi connectivity index (χ4v) is 9.40. The Bertz CT molecular complexity index is 1870. The minimum absolute atomic E-state index is 0. The van der Waals surface area contributed by atoms with Gasteiger partial charge in [-0.1, -0.05) is 70.2 Å². The first kappa shape index (κ1) is 49.9. The first-order valence-electron chi connectivity index (χ1n) is 20.5. The Kier molecular flexibility index (Phi) is 17.0. The van der Waals surface area contributed by atoms with Gasteiger partial charge in [-0.05, 0) is 64.3 Å². The number of likely N-dealkylation sites (N-methyl/N-ethyl adjacent to an activating group) is 1. The topological polar surface area (TPSA) is 297 Å². The van der Waals surface area contributed by atoms with Gasteiger partial charge in [0.15, 0.2) is 11.4 Å². The minimum atomic E-state index is -2.89. The molecule has 1 aromatic carbocycles. The minimum Gasteiger partial charge on any atom is -0.510 e. The summed E-state index contributed by atoms with van der Waals surface area (Å²) in [7, 11) is 4.37. The van der Waals surface area contributed by atoms with E-state index in [1.54, 1.807) is 19.1 Å². The lowest BCUT2D eigenvalue weighted by Crippen LogP contribution is -2.68. The lowest BCUT2D eigenvalue weighted by molar-refractivity contribution is -0.162. The van der Waals surface area contributed by atoms with Crippen LogP contribution in [0.2, 0.25) is 0 Å². The smallest absolute Gasteiger partial charge is 0.305 e. The summed E-state index contributed by atoms with van der Waals surface area (Å²) in [6, 6.07) is 3.17. The summed E-state index contributed by atoms with van der Waals surface area (Å²) < 4.78 is 4.62. The number of aromatic hydroxyl groups is 1. The molecule has 4 aliphatic carbocycles. The molecule has 334 valence electrons. The molecule has 0 spiro atoms. The number of aliphatic hydroxyl groups is 6. The van der Waals surface area contributed by atoms with Gasteiger partial charge in [0.2, 0.25) is 5.78 Å². The van der Waals surface area contributed by atoms with Crippen LogP contribution in [0.5, 0.6) is 5.75 Å². The van der Waals surface area contributed by atoms with Gasteiger partial charge in [-0.25, -0.2) is 0 Å². The molecule has 1 fully saturated rings. The highest BCUT2D eigenvalue weighted by atomic mass is 16.5. The van der Waals surface area contributed by atoms with Crippen LogP contribution in [-0.2, 0) is 23.9 Å². The van der Waals surface area contributed by atoms with Crippen molar-refractivity contribution in [2.75, 3.05) is 21.2 Å². The Labute approximate surface area is 350 Å². The van der Waals surface area contributed by atoms with E-state index in [0.29, 0.717) is 18.4 Å². The number of benzene rings is 1. The van der Waals surface area contributed by atoms with Crippen molar-refractivity contribution in [2.45, 2.75) is 127 Å². The van der Waals surface area contributed by atoms with Crippen LogP contribution >= 0.6 is 0 Å². The molecular weight excluding hydrogens is 780 g/mol. The number of primary amides is 1. The van der Waals surface area contributed by atoms with Gasteiger partial charge in [-0.15, -0.1) is 0 Å². The third-order valence-electron chi connectivity index (χ3n) is 12.6. The van der Waals surface area contributed by atoms with Crippen LogP contribution in [-0.4, -0.2) is 126 Å². The number of nitrogens with zero attached hydrogens (tertiary/aromatic N) is 1. The number of hydrogen-bond donors (Lipinski definition) is 8. The molecule has 0 aromatic heterocycles. The van der Waals surface area contributed by atoms with E-state index in [2.05, 4.69) is 11.7 Å². The van der Waals surface area contributed by atoms with Crippen molar-refractivity contribution in [3.8, 4) is 5.75 Å². The second-order valence-corrected chi connectivity index (χ2v) is 17.0. The number of rotatable bonds is 15.